The van der Waals surface area contributed by atoms with Crippen molar-refractivity contribution in [2.75, 3.05) is 32.8 Å². The van der Waals surface area contributed by atoms with Crippen LogP contribution < -0.4 is 4.74 Å². The van der Waals surface area contributed by atoms with Crippen LogP contribution in [-0.4, -0.2) is 60.2 Å². The number of carbonyl (C=O) groups is 3. The fourth-order valence-electron chi connectivity index (χ4n) is 3.06. The fraction of sp³-hybridized carbons (Fsp3) is 0.571. The summed E-state index contributed by atoms with van der Waals surface area (Å²) in [6, 6.07) is 7.87. The molecule has 27 heavy (non-hydrogen) atoms. The van der Waals surface area contributed by atoms with Gasteiger partial charge in [-0.25, -0.2) is 0 Å². The topological polar surface area (TPSA) is 66.9 Å². The van der Waals surface area contributed by atoms with Crippen molar-refractivity contribution in [3.05, 3.63) is 29.8 Å². The molecular weight excluding hydrogens is 344 g/mol. The van der Waals surface area contributed by atoms with Gasteiger partial charge in [-0.05, 0) is 38.8 Å². The summed E-state index contributed by atoms with van der Waals surface area (Å²) >= 11 is 0. The molecule has 0 aromatic heterocycles. The summed E-state index contributed by atoms with van der Waals surface area (Å²) < 4.78 is 5.67. The summed E-state index contributed by atoms with van der Waals surface area (Å²) in [7, 11) is 0. The Morgan fingerprint density at radius 3 is 2.07 bits per heavy atom. The molecule has 0 radical (unpaired) electrons. The molecule has 0 atom stereocenters. The maximum atomic E-state index is 12.4. The molecule has 1 saturated heterocycles. The SMILES string of the molecule is CC(=O)CCC(=O)N1CCCN(C(=O)CCCOc2ccc(C)cc2)CC1. The number of hydrogen-bond acceptors (Lipinski definition) is 4. The van der Waals surface area contributed by atoms with Crippen molar-refractivity contribution in [2.24, 2.45) is 0 Å². The van der Waals surface area contributed by atoms with Gasteiger partial charge in [0.05, 0.1) is 6.61 Å². The highest BCUT2D eigenvalue weighted by molar-refractivity contribution is 5.83. The van der Waals surface area contributed by atoms with Crippen LogP contribution in [0.25, 0.3) is 0 Å². The van der Waals surface area contributed by atoms with Crippen LogP contribution >= 0.6 is 0 Å². The minimum Gasteiger partial charge on any atom is -0.494 e. The summed E-state index contributed by atoms with van der Waals surface area (Å²) in [6.07, 6.45) is 2.45. The van der Waals surface area contributed by atoms with E-state index in [1.807, 2.05) is 36.1 Å². The maximum Gasteiger partial charge on any atom is 0.223 e. The molecule has 2 rings (SSSR count). The van der Waals surface area contributed by atoms with Gasteiger partial charge in [-0.15, -0.1) is 0 Å². The van der Waals surface area contributed by atoms with Crippen LogP contribution in [0.3, 0.4) is 0 Å². The Labute approximate surface area is 161 Å². The molecule has 6 heteroatoms. The monoisotopic (exact) mass is 374 g/mol. The molecule has 0 bridgehead atoms. The van der Waals surface area contributed by atoms with E-state index in [1.165, 1.54) is 12.5 Å². The number of Topliss-reactive ketones (excluding diaryl/α,β-unsaturated/α-hetero) is 1. The van der Waals surface area contributed by atoms with Crippen molar-refractivity contribution in [2.45, 2.75) is 46.0 Å². The molecule has 1 heterocycles. The van der Waals surface area contributed by atoms with Gasteiger partial charge in [0.2, 0.25) is 11.8 Å². The summed E-state index contributed by atoms with van der Waals surface area (Å²) in [5.41, 5.74) is 1.19. The van der Waals surface area contributed by atoms with E-state index < -0.39 is 0 Å². The Morgan fingerprint density at radius 2 is 1.48 bits per heavy atom. The van der Waals surface area contributed by atoms with Crippen molar-refractivity contribution in [3.63, 3.8) is 0 Å². The number of hydrogen-bond donors (Lipinski definition) is 0. The van der Waals surface area contributed by atoms with E-state index in [-0.39, 0.29) is 24.0 Å². The normalized spacial score (nSPS) is 14.6. The molecule has 1 aromatic carbocycles. The Bertz CT molecular complexity index is 642. The third-order valence-corrected chi connectivity index (χ3v) is 4.72. The molecule has 1 fully saturated rings. The smallest absolute Gasteiger partial charge is 0.223 e. The van der Waals surface area contributed by atoms with Crippen LogP contribution in [0.4, 0.5) is 0 Å². The molecular formula is C21H30N2O4. The Kier molecular flexibility index (Phi) is 8.30. The largest absolute Gasteiger partial charge is 0.494 e. The minimum atomic E-state index is 0.00555. The number of carbonyl (C=O) groups excluding carboxylic acids is 3. The van der Waals surface area contributed by atoms with Gasteiger partial charge in [-0.3, -0.25) is 9.59 Å². The van der Waals surface area contributed by atoms with E-state index in [4.69, 9.17) is 4.74 Å². The second-order valence-electron chi connectivity index (χ2n) is 7.08. The lowest BCUT2D eigenvalue weighted by atomic mass is 10.2. The van der Waals surface area contributed by atoms with E-state index in [2.05, 4.69) is 0 Å². The molecule has 148 valence electrons. The number of amides is 2. The number of aryl methyl sites for hydroxylation is 1. The van der Waals surface area contributed by atoms with Crippen LogP contribution in [0.15, 0.2) is 24.3 Å². The zero-order valence-electron chi connectivity index (χ0n) is 16.4. The Balaban J connectivity index is 1.68. The molecule has 0 saturated carbocycles. The zero-order chi connectivity index (χ0) is 19.6. The van der Waals surface area contributed by atoms with Gasteiger partial charge in [-0.1, -0.05) is 17.7 Å². The number of ketones is 1. The number of benzene rings is 1. The molecule has 0 aliphatic carbocycles. The summed E-state index contributed by atoms with van der Waals surface area (Å²) in [6.45, 7) is 6.47. The molecule has 0 N–H and O–H groups in total. The number of rotatable bonds is 8. The van der Waals surface area contributed by atoms with Gasteiger partial charge in [0.25, 0.3) is 0 Å². The van der Waals surface area contributed by atoms with E-state index in [9.17, 15) is 14.4 Å². The van der Waals surface area contributed by atoms with E-state index >= 15 is 0 Å². The summed E-state index contributed by atoms with van der Waals surface area (Å²) in [5, 5.41) is 0. The van der Waals surface area contributed by atoms with Gasteiger partial charge >= 0.3 is 0 Å². The first-order chi connectivity index (χ1) is 13.0. The molecule has 1 aromatic rings. The molecule has 0 spiro atoms. The van der Waals surface area contributed by atoms with Crippen molar-refractivity contribution in [3.8, 4) is 5.75 Å². The second-order valence-corrected chi connectivity index (χ2v) is 7.08. The predicted molar refractivity (Wildman–Crippen MR) is 104 cm³/mol. The zero-order valence-corrected chi connectivity index (χ0v) is 16.4. The number of nitrogens with zero attached hydrogens (tertiary/aromatic N) is 2. The van der Waals surface area contributed by atoms with E-state index in [1.54, 1.807) is 4.90 Å². The van der Waals surface area contributed by atoms with E-state index in [0.717, 1.165) is 12.2 Å². The number of ether oxygens (including phenoxy) is 1. The first kappa shape index (κ1) is 20.9. The van der Waals surface area contributed by atoms with E-state index in [0.29, 0.717) is 52.0 Å². The Hall–Kier alpha value is -2.37. The summed E-state index contributed by atoms with van der Waals surface area (Å²) in [5.74, 6) is 0.969. The first-order valence-corrected chi connectivity index (χ1v) is 9.70. The average molecular weight is 374 g/mol. The molecule has 0 unspecified atom stereocenters. The highest BCUT2D eigenvalue weighted by Gasteiger charge is 2.21. The van der Waals surface area contributed by atoms with Gasteiger partial charge in [0.1, 0.15) is 11.5 Å². The summed E-state index contributed by atoms with van der Waals surface area (Å²) in [4.78, 5) is 39.2. The minimum absolute atomic E-state index is 0.00555. The van der Waals surface area contributed by atoms with Crippen LogP contribution in [-0.2, 0) is 14.4 Å². The van der Waals surface area contributed by atoms with Crippen LogP contribution in [0.1, 0.15) is 44.6 Å². The van der Waals surface area contributed by atoms with Crippen molar-refractivity contribution in [1.29, 1.82) is 0 Å². The third kappa shape index (κ3) is 7.41. The highest BCUT2D eigenvalue weighted by Crippen LogP contribution is 2.13. The Morgan fingerprint density at radius 1 is 0.889 bits per heavy atom. The second kappa shape index (κ2) is 10.7. The van der Waals surface area contributed by atoms with Gasteiger partial charge < -0.3 is 19.3 Å². The third-order valence-electron chi connectivity index (χ3n) is 4.72. The van der Waals surface area contributed by atoms with Crippen molar-refractivity contribution >= 4 is 17.6 Å². The van der Waals surface area contributed by atoms with Crippen molar-refractivity contribution in [1.82, 2.24) is 9.80 Å². The van der Waals surface area contributed by atoms with Crippen LogP contribution in [0.5, 0.6) is 5.75 Å². The molecule has 1 aliphatic heterocycles. The lowest BCUT2D eigenvalue weighted by Crippen LogP contribution is -2.37. The van der Waals surface area contributed by atoms with Crippen LogP contribution in [0, 0.1) is 6.92 Å². The predicted octanol–water partition coefficient (Wildman–Crippen LogP) is 2.58. The molecule has 1 aliphatic rings. The van der Waals surface area contributed by atoms with Crippen molar-refractivity contribution < 1.29 is 19.1 Å². The van der Waals surface area contributed by atoms with Gasteiger partial charge in [-0.2, -0.15) is 0 Å². The lowest BCUT2D eigenvalue weighted by molar-refractivity contribution is -0.134. The maximum absolute atomic E-state index is 12.4. The van der Waals surface area contributed by atoms with Crippen LogP contribution in [0.2, 0.25) is 0 Å². The first-order valence-electron chi connectivity index (χ1n) is 9.70. The standard InChI is InChI=1S/C21H30N2O4/c1-17-6-9-19(10-7-17)27-16-3-5-20(25)22-12-4-13-23(15-14-22)21(26)11-8-18(2)24/h6-7,9-10H,3-5,8,11-16H2,1-2H3. The van der Waals surface area contributed by atoms with Gasteiger partial charge in [0.15, 0.2) is 0 Å². The molecule has 2 amide bonds. The average Bonchev–Trinajstić information content (AvgIpc) is 2.91. The van der Waals surface area contributed by atoms with Gasteiger partial charge in [0, 0.05) is 45.4 Å². The molecule has 6 nitrogen and oxygen atoms in total. The quantitative estimate of drug-likeness (QED) is 0.656. The fourth-order valence-corrected chi connectivity index (χ4v) is 3.06. The lowest BCUT2D eigenvalue weighted by Gasteiger charge is -2.22. The highest BCUT2D eigenvalue weighted by atomic mass is 16.5.